The van der Waals surface area contributed by atoms with E-state index in [1.165, 1.54) is 0 Å². The average Bonchev–Trinajstić information content (AvgIpc) is 2.12. The Bertz CT molecular complexity index is 388. The lowest BCUT2D eigenvalue weighted by molar-refractivity contribution is -0.389. The molecule has 0 bridgehead atoms. The second kappa shape index (κ2) is 4.81. The molecule has 0 rings (SSSR count). The zero-order valence-corrected chi connectivity index (χ0v) is 9.48. The molecule has 1 N–H and O–H groups in total. The molecule has 0 saturated carbocycles. The molecule has 0 aromatic heterocycles. The van der Waals surface area contributed by atoms with Crippen LogP contribution < -0.4 is 0 Å². The molecule has 0 aliphatic heterocycles. The van der Waals surface area contributed by atoms with Gasteiger partial charge in [-0.3, -0.25) is 4.79 Å². The molecule has 0 saturated heterocycles. The summed E-state index contributed by atoms with van der Waals surface area (Å²) in [5.74, 6) is -30.4. The second-order valence-corrected chi connectivity index (χ2v) is 3.97. The molecule has 13 heteroatoms. The molecule has 0 spiro atoms. The number of hydrogen-bond acceptors (Lipinski definition) is 1. The quantitative estimate of drug-likeness (QED) is 0.587. The van der Waals surface area contributed by atoms with Gasteiger partial charge in [0.1, 0.15) is 6.42 Å². The van der Waals surface area contributed by atoms with Crippen LogP contribution in [0.3, 0.4) is 0 Å². The summed E-state index contributed by atoms with van der Waals surface area (Å²) in [6.07, 6.45) is -2.99. The van der Waals surface area contributed by atoms with Crippen LogP contribution in [-0.4, -0.2) is 40.1 Å². The number of alkyl halides is 11. The van der Waals surface area contributed by atoms with Gasteiger partial charge in [-0.1, -0.05) is 0 Å². The Kier molecular flexibility index (Phi) is 4.58. The van der Waals surface area contributed by atoms with Crippen LogP contribution in [0.1, 0.15) is 6.42 Å². The van der Waals surface area contributed by atoms with Crippen molar-refractivity contribution in [3.63, 3.8) is 0 Å². The van der Waals surface area contributed by atoms with E-state index < -0.39 is 41.5 Å². The summed E-state index contributed by atoms with van der Waals surface area (Å²) in [6, 6.07) is 0. The van der Waals surface area contributed by atoms with E-state index in [9.17, 15) is 48.7 Å². The van der Waals surface area contributed by atoms with Crippen molar-refractivity contribution in [3.05, 3.63) is 0 Å². The largest absolute Gasteiger partial charge is 0.481 e. The summed E-state index contributed by atoms with van der Waals surface area (Å²) < 4.78 is 125. The first-order valence-corrected chi connectivity index (χ1v) is 4.59. The molecule has 0 fully saturated rings. The molecule has 0 unspecified atom stereocenters. The third-order valence-corrected chi connectivity index (χ3v) is 2.21. The van der Waals surface area contributed by atoms with Crippen molar-refractivity contribution in [2.75, 3.05) is 0 Å². The molecule has 0 amide bonds. The minimum absolute atomic E-state index is 2.74. The van der Waals surface area contributed by atoms with Gasteiger partial charge in [0.15, 0.2) is 0 Å². The smallest absolute Gasteiger partial charge is 0.393 e. The zero-order valence-electron chi connectivity index (χ0n) is 8.72. The molecule has 20 heavy (non-hydrogen) atoms. The number of aliphatic carboxylic acids is 1. The van der Waals surface area contributed by atoms with Crippen molar-refractivity contribution in [1.82, 2.24) is 0 Å². The highest BCUT2D eigenvalue weighted by atomic mass is 35.5. The van der Waals surface area contributed by atoms with E-state index in [4.69, 9.17) is 5.11 Å². The van der Waals surface area contributed by atoms with Crippen LogP contribution in [0.15, 0.2) is 0 Å². The Labute approximate surface area is 108 Å². The molecule has 0 aromatic carbocycles. The van der Waals surface area contributed by atoms with Crippen molar-refractivity contribution in [1.29, 1.82) is 0 Å². The van der Waals surface area contributed by atoms with Gasteiger partial charge < -0.3 is 5.11 Å². The van der Waals surface area contributed by atoms with Crippen LogP contribution in [-0.2, 0) is 4.79 Å². The van der Waals surface area contributed by atoms with Gasteiger partial charge in [-0.05, 0) is 11.6 Å². The first-order valence-electron chi connectivity index (χ1n) is 4.21. The predicted molar refractivity (Wildman–Crippen MR) is 42.8 cm³/mol. The van der Waals surface area contributed by atoms with Gasteiger partial charge in [-0.15, -0.1) is 0 Å². The highest BCUT2D eigenvalue weighted by Crippen LogP contribution is 2.58. The van der Waals surface area contributed by atoms with E-state index in [1.54, 1.807) is 0 Å². The summed E-state index contributed by atoms with van der Waals surface area (Å²) in [5.41, 5.74) is 0. The maximum Gasteiger partial charge on any atom is 0.393 e. The molecule has 0 aromatic rings. The fourth-order valence-corrected chi connectivity index (χ4v) is 1.02. The van der Waals surface area contributed by atoms with E-state index in [-0.39, 0.29) is 0 Å². The van der Waals surface area contributed by atoms with E-state index in [0.717, 1.165) is 0 Å². The molecule has 0 heterocycles. The van der Waals surface area contributed by atoms with Crippen LogP contribution in [0.25, 0.3) is 0 Å². The number of rotatable bonds is 6. The predicted octanol–water partition coefficient (Wildman–Crippen LogP) is 3.83. The standard InChI is InChI=1S/C7H3ClF10O2/c8-7(17,18)6(15,16)5(13,14)4(11,12)3(9,10)1-2(19)20/h1H2,(H,19,20). The van der Waals surface area contributed by atoms with Crippen molar-refractivity contribution in [3.8, 4) is 0 Å². The second-order valence-electron chi connectivity index (χ2n) is 3.50. The monoisotopic (exact) mass is 344 g/mol. The normalized spacial score (nSPS) is 15.3. The van der Waals surface area contributed by atoms with Gasteiger partial charge >= 0.3 is 35.0 Å². The highest BCUT2D eigenvalue weighted by Gasteiger charge is 2.86. The van der Waals surface area contributed by atoms with Crippen LogP contribution in [0, 0.1) is 0 Å². The molecule has 0 atom stereocenters. The third kappa shape index (κ3) is 2.74. The summed E-state index contributed by atoms with van der Waals surface area (Å²) >= 11 is 3.51. The number of carboxylic acids is 1. The Morgan fingerprint density at radius 1 is 0.800 bits per heavy atom. The van der Waals surface area contributed by atoms with Crippen molar-refractivity contribution < 1.29 is 53.8 Å². The molecule has 2 nitrogen and oxygen atoms in total. The Hall–Kier alpha value is -0.940. The zero-order chi connectivity index (χ0) is 16.8. The number of carbonyl (C=O) groups is 1. The minimum Gasteiger partial charge on any atom is -0.481 e. The number of hydrogen-bond donors (Lipinski definition) is 1. The summed E-state index contributed by atoms with van der Waals surface area (Å²) in [4.78, 5) is 9.82. The minimum atomic E-state index is -7.32. The Morgan fingerprint density at radius 3 is 1.40 bits per heavy atom. The number of carboxylic acid groups (broad SMARTS) is 1. The SMILES string of the molecule is O=C(O)CC(F)(F)C(F)(F)C(F)(F)C(F)(F)C(F)(F)Cl. The highest BCUT2D eigenvalue weighted by molar-refractivity contribution is 6.22. The summed E-state index contributed by atoms with van der Waals surface area (Å²) in [5, 5.41) is 1.54. The fourth-order valence-electron chi connectivity index (χ4n) is 0.906. The van der Waals surface area contributed by atoms with Crippen molar-refractivity contribution in [2.24, 2.45) is 0 Å². The summed E-state index contributed by atoms with van der Waals surface area (Å²) in [6.45, 7) is 0. The van der Waals surface area contributed by atoms with Crippen molar-refractivity contribution >= 4 is 17.6 Å². The van der Waals surface area contributed by atoms with E-state index in [0.29, 0.717) is 0 Å². The maximum absolute atomic E-state index is 12.7. The molecule has 120 valence electrons. The Balaban J connectivity index is 5.86. The lowest BCUT2D eigenvalue weighted by Gasteiger charge is -2.37. The molecule has 0 radical (unpaired) electrons. The van der Waals surface area contributed by atoms with Crippen LogP contribution in [0.5, 0.6) is 0 Å². The molecule has 0 aliphatic rings. The van der Waals surface area contributed by atoms with E-state index in [2.05, 4.69) is 11.6 Å². The molecule has 0 aliphatic carbocycles. The first kappa shape index (κ1) is 19.1. The van der Waals surface area contributed by atoms with Crippen LogP contribution in [0.4, 0.5) is 43.9 Å². The molecular formula is C7H3ClF10O2. The Morgan fingerprint density at radius 2 is 1.15 bits per heavy atom. The average molecular weight is 345 g/mol. The van der Waals surface area contributed by atoms with Gasteiger partial charge in [0, 0.05) is 0 Å². The summed E-state index contributed by atoms with van der Waals surface area (Å²) in [7, 11) is 0. The fraction of sp³-hybridized carbons (Fsp3) is 0.857. The van der Waals surface area contributed by atoms with Crippen LogP contribution in [0.2, 0.25) is 0 Å². The van der Waals surface area contributed by atoms with Gasteiger partial charge in [-0.25, -0.2) is 0 Å². The first-order chi connectivity index (χ1) is 8.42. The topological polar surface area (TPSA) is 37.3 Å². The van der Waals surface area contributed by atoms with Gasteiger partial charge in [-0.2, -0.15) is 43.9 Å². The molecular weight excluding hydrogens is 342 g/mol. The lowest BCUT2D eigenvalue weighted by atomic mass is 9.96. The van der Waals surface area contributed by atoms with Crippen molar-refractivity contribution in [2.45, 2.75) is 35.5 Å². The number of halogens is 11. The maximum atomic E-state index is 12.7. The van der Waals surface area contributed by atoms with Gasteiger partial charge in [0.2, 0.25) is 0 Å². The third-order valence-electron chi connectivity index (χ3n) is 1.98. The van der Waals surface area contributed by atoms with Gasteiger partial charge in [0.05, 0.1) is 0 Å². The lowest BCUT2D eigenvalue weighted by Crippen LogP contribution is -2.66. The van der Waals surface area contributed by atoms with E-state index >= 15 is 0 Å². The van der Waals surface area contributed by atoms with E-state index in [1.807, 2.05) is 0 Å². The van der Waals surface area contributed by atoms with Gasteiger partial charge in [0.25, 0.3) is 0 Å². The van der Waals surface area contributed by atoms with Crippen LogP contribution >= 0.6 is 11.6 Å².